The van der Waals surface area contributed by atoms with Gasteiger partial charge < -0.3 is 5.32 Å². The second-order valence-corrected chi connectivity index (χ2v) is 5.37. The minimum absolute atomic E-state index is 0.288. The van der Waals surface area contributed by atoms with Gasteiger partial charge in [-0.15, -0.1) is 0 Å². The number of carbonyl (C=O) groups excluding carboxylic acids is 1. The van der Waals surface area contributed by atoms with Crippen LogP contribution in [0.1, 0.15) is 43.0 Å². The van der Waals surface area contributed by atoms with Crippen LogP contribution in [0.5, 0.6) is 0 Å². The minimum atomic E-state index is 0.288. The molecule has 0 aromatic carbocycles. The fourth-order valence-corrected chi connectivity index (χ4v) is 3.05. The third-order valence-corrected chi connectivity index (χ3v) is 4.14. The molecule has 3 heteroatoms. The number of hydrogen-bond acceptors (Lipinski definition) is 3. The van der Waals surface area contributed by atoms with E-state index in [0.29, 0.717) is 12.5 Å². The number of hydrogen-bond donors (Lipinski definition) is 1. The van der Waals surface area contributed by atoms with E-state index in [9.17, 15) is 4.79 Å². The zero-order valence-corrected chi connectivity index (χ0v) is 10.6. The molecule has 1 saturated heterocycles. The molecule has 2 unspecified atom stereocenters. The van der Waals surface area contributed by atoms with Crippen LogP contribution in [0.3, 0.4) is 0 Å². The lowest BCUT2D eigenvalue weighted by molar-refractivity contribution is 0.0957. The van der Waals surface area contributed by atoms with E-state index in [1.165, 1.54) is 12.8 Å². The Bertz CT molecular complexity index is 334. The summed E-state index contributed by atoms with van der Waals surface area (Å²) in [5.74, 6) is 1.09. The molecular formula is C13H19NOS. The zero-order chi connectivity index (χ0) is 11.4. The van der Waals surface area contributed by atoms with Crippen molar-refractivity contribution in [2.75, 3.05) is 6.54 Å². The van der Waals surface area contributed by atoms with E-state index >= 15 is 0 Å². The average Bonchev–Trinajstić information content (AvgIpc) is 2.83. The Kier molecular flexibility index (Phi) is 4.13. The number of piperidine rings is 1. The quantitative estimate of drug-likeness (QED) is 0.815. The van der Waals surface area contributed by atoms with Crippen LogP contribution in [-0.2, 0) is 0 Å². The van der Waals surface area contributed by atoms with Gasteiger partial charge in [-0.25, -0.2) is 0 Å². The summed E-state index contributed by atoms with van der Waals surface area (Å²) >= 11 is 1.59. The van der Waals surface area contributed by atoms with Gasteiger partial charge >= 0.3 is 0 Å². The third-order valence-electron chi connectivity index (χ3n) is 3.46. The van der Waals surface area contributed by atoms with Gasteiger partial charge in [0.25, 0.3) is 0 Å². The van der Waals surface area contributed by atoms with E-state index in [0.717, 1.165) is 24.4 Å². The lowest BCUT2D eigenvalue weighted by Gasteiger charge is -2.29. The summed E-state index contributed by atoms with van der Waals surface area (Å²) in [5.41, 5.74) is 0.880. The van der Waals surface area contributed by atoms with Crippen molar-refractivity contribution >= 4 is 17.1 Å². The van der Waals surface area contributed by atoms with Crippen molar-refractivity contribution in [3.8, 4) is 0 Å². The first-order valence-corrected chi connectivity index (χ1v) is 7.02. The number of Topliss-reactive ketones (excluding diaryl/α,β-unsaturated/α-hetero) is 1. The molecule has 1 aromatic heterocycles. The van der Waals surface area contributed by atoms with Gasteiger partial charge in [0.15, 0.2) is 5.78 Å². The van der Waals surface area contributed by atoms with Gasteiger partial charge in [0.1, 0.15) is 0 Å². The zero-order valence-electron chi connectivity index (χ0n) is 9.74. The third kappa shape index (κ3) is 2.92. The number of carbonyl (C=O) groups is 1. The minimum Gasteiger partial charge on any atom is -0.314 e. The molecular weight excluding hydrogens is 218 g/mol. The van der Waals surface area contributed by atoms with Gasteiger partial charge in [-0.2, -0.15) is 11.3 Å². The maximum Gasteiger partial charge on any atom is 0.165 e. The van der Waals surface area contributed by atoms with Crippen molar-refractivity contribution in [1.29, 1.82) is 0 Å². The molecule has 16 heavy (non-hydrogen) atoms. The first-order chi connectivity index (χ1) is 7.79. The molecule has 88 valence electrons. The van der Waals surface area contributed by atoms with Crippen LogP contribution < -0.4 is 5.32 Å². The van der Waals surface area contributed by atoms with Crippen molar-refractivity contribution in [2.45, 2.75) is 38.6 Å². The van der Waals surface area contributed by atoms with Crippen molar-refractivity contribution in [3.05, 3.63) is 22.4 Å². The SMILES string of the molecule is CCC1CCNC(CC(=O)c2ccsc2)C1. The van der Waals surface area contributed by atoms with E-state index in [1.807, 2.05) is 16.8 Å². The average molecular weight is 237 g/mol. The Balaban J connectivity index is 1.87. The van der Waals surface area contributed by atoms with E-state index in [2.05, 4.69) is 12.2 Å². The Morgan fingerprint density at radius 3 is 3.19 bits per heavy atom. The molecule has 2 atom stereocenters. The van der Waals surface area contributed by atoms with Gasteiger partial charge in [0, 0.05) is 23.4 Å². The van der Waals surface area contributed by atoms with Crippen molar-refractivity contribution < 1.29 is 4.79 Å². The summed E-state index contributed by atoms with van der Waals surface area (Å²) in [4.78, 5) is 11.9. The lowest BCUT2D eigenvalue weighted by Crippen LogP contribution is -2.39. The summed E-state index contributed by atoms with van der Waals surface area (Å²) in [5, 5.41) is 7.37. The molecule has 2 rings (SSSR count). The van der Waals surface area contributed by atoms with Crippen LogP contribution in [0, 0.1) is 5.92 Å². The molecule has 0 saturated carbocycles. The normalized spacial score (nSPS) is 25.6. The van der Waals surface area contributed by atoms with Gasteiger partial charge in [0.05, 0.1) is 0 Å². The summed E-state index contributed by atoms with van der Waals surface area (Å²) in [7, 11) is 0. The Morgan fingerprint density at radius 1 is 1.62 bits per heavy atom. The second kappa shape index (κ2) is 5.60. The molecule has 1 aliphatic rings. The Labute approximate surface area is 101 Å². The first-order valence-electron chi connectivity index (χ1n) is 6.08. The molecule has 2 nitrogen and oxygen atoms in total. The van der Waals surface area contributed by atoms with Crippen LogP contribution in [0.15, 0.2) is 16.8 Å². The summed E-state index contributed by atoms with van der Waals surface area (Å²) < 4.78 is 0. The fourth-order valence-electron chi connectivity index (χ4n) is 2.39. The summed E-state index contributed by atoms with van der Waals surface area (Å²) in [6.07, 6.45) is 4.32. The predicted molar refractivity (Wildman–Crippen MR) is 68.1 cm³/mol. The maximum atomic E-state index is 11.9. The Hall–Kier alpha value is -0.670. The Morgan fingerprint density at radius 2 is 2.50 bits per heavy atom. The smallest absolute Gasteiger partial charge is 0.165 e. The molecule has 0 amide bonds. The molecule has 1 N–H and O–H groups in total. The van der Waals surface area contributed by atoms with E-state index in [-0.39, 0.29) is 5.78 Å². The topological polar surface area (TPSA) is 29.1 Å². The van der Waals surface area contributed by atoms with Crippen molar-refractivity contribution in [2.24, 2.45) is 5.92 Å². The highest BCUT2D eigenvalue weighted by Gasteiger charge is 2.22. The number of ketones is 1. The van der Waals surface area contributed by atoms with Crippen molar-refractivity contribution in [3.63, 3.8) is 0 Å². The molecule has 0 spiro atoms. The largest absolute Gasteiger partial charge is 0.314 e. The van der Waals surface area contributed by atoms with Gasteiger partial charge in [-0.05, 0) is 36.8 Å². The molecule has 0 bridgehead atoms. The summed E-state index contributed by atoms with van der Waals surface area (Å²) in [6, 6.07) is 2.32. The number of thiophene rings is 1. The molecule has 1 aliphatic heterocycles. The monoisotopic (exact) mass is 237 g/mol. The molecule has 1 aromatic rings. The van der Waals surface area contributed by atoms with Crippen LogP contribution in [0.4, 0.5) is 0 Å². The van der Waals surface area contributed by atoms with E-state index in [4.69, 9.17) is 0 Å². The molecule has 2 heterocycles. The van der Waals surface area contributed by atoms with Crippen LogP contribution >= 0.6 is 11.3 Å². The van der Waals surface area contributed by atoms with Crippen molar-refractivity contribution in [1.82, 2.24) is 5.32 Å². The predicted octanol–water partition coefficient (Wildman–Crippen LogP) is 3.10. The molecule has 1 fully saturated rings. The lowest BCUT2D eigenvalue weighted by atomic mass is 9.88. The first kappa shape index (κ1) is 11.8. The highest BCUT2D eigenvalue weighted by Crippen LogP contribution is 2.22. The second-order valence-electron chi connectivity index (χ2n) is 4.59. The van der Waals surface area contributed by atoms with Gasteiger partial charge in [-0.1, -0.05) is 13.3 Å². The van der Waals surface area contributed by atoms with E-state index in [1.54, 1.807) is 11.3 Å². The van der Waals surface area contributed by atoms with Gasteiger partial charge in [-0.3, -0.25) is 4.79 Å². The van der Waals surface area contributed by atoms with E-state index < -0.39 is 0 Å². The number of rotatable bonds is 4. The number of nitrogens with one attached hydrogen (secondary N) is 1. The fraction of sp³-hybridized carbons (Fsp3) is 0.615. The van der Waals surface area contributed by atoms with Gasteiger partial charge in [0.2, 0.25) is 0 Å². The summed E-state index contributed by atoms with van der Waals surface area (Å²) in [6.45, 7) is 3.31. The maximum absolute atomic E-state index is 11.9. The standard InChI is InChI=1S/C13H19NOS/c1-2-10-3-5-14-12(7-10)8-13(15)11-4-6-16-9-11/h4,6,9-10,12,14H,2-3,5,7-8H2,1H3. The van der Waals surface area contributed by atoms with Crippen LogP contribution in [-0.4, -0.2) is 18.4 Å². The molecule has 0 aliphatic carbocycles. The van der Waals surface area contributed by atoms with Crippen LogP contribution in [0.2, 0.25) is 0 Å². The molecule has 0 radical (unpaired) electrons. The highest BCUT2D eigenvalue weighted by molar-refractivity contribution is 7.08. The van der Waals surface area contributed by atoms with Crippen LogP contribution in [0.25, 0.3) is 0 Å². The highest BCUT2D eigenvalue weighted by atomic mass is 32.1.